The smallest absolute Gasteiger partial charge is 0.330 e. The van der Waals surface area contributed by atoms with E-state index in [1.807, 2.05) is 0 Å². The maximum atomic E-state index is 12.0. The lowest BCUT2D eigenvalue weighted by Gasteiger charge is -2.17. The number of hydrogen-bond acceptors (Lipinski definition) is 7. The number of aromatic amines is 1. The molecule has 3 rings (SSSR count). The van der Waals surface area contributed by atoms with Crippen LogP contribution in [-0.4, -0.2) is 49.8 Å². The first-order valence-corrected chi connectivity index (χ1v) is 7.42. The van der Waals surface area contributed by atoms with Crippen LogP contribution in [0.5, 0.6) is 0 Å². The van der Waals surface area contributed by atoms with Crippen LogP contribution in [-0.2, 0) is 4.74 Å². The van der Waals surface area contributed by atoms with Crippen LogP contribution in [0.2, 0.25) is 0 Å². The van der Waals surface area contributed by atoms with E-state index in [2.05, 4.69) is 4.98 Å². The second-order valence-electron chi connectivity index (χ2n) is 4.92. The van der Waals surface area contributed by atoms with Gasteiger partial charge in [-0.05, 0) is 11.4 Å². The van der Waals surface area contributed by atoms with Crippen molar-refractivity contribution < 1.29 is 20.1 Å². The van der Waals surface area contributed by atoms with E-state index in [0.29, 0.717) is 4.88 Å². The molecule has 1 unspecified atom stereocenters. The fourth-order valence-corrected chi connectivity index (χ4v) is 3.12. The molecule has 0 aromatic carbocycles. The number of rotatable bonds is 3. The van der Waals surface area contributed by atoms with Gasteiger partial charge in [-0.1, -0.05) is 6.07 Å². The molecule has 0 spiro atoms. The van der Waals surface area contributed by atoms with Crippen molar-refractivity contribution in [3.63, 3.8) is 0 Å². The molecule has 4 N–H and O–H groups in total. The number of aliphatic hydroxyl groups excluding tert-OH is 3. The van der Waals surface area contributed by atoms with E-state index in [-0.39, 0.29) is 5.56 Å². The summed E-state index contributed by atoms with van der Waals surface area (Å²) in [5.41, 5.74) is -1.05. The van der Waals surface area contributed by atoms with E-state index >= 15 is 0 Å². The van der Waals surface area contributed by atoms with Crippen molar-refractivity contribution >= 4 is 11.3 Å². The Labute approximate surface area is 127 Å². The largest absolute Gasteiger partial charge is 0.394 e. The van der Waals surface area contributed by atoms with Crippen LogP contribution >= 0.6 is 11.3 Å². The quantitative estimate of drug-likeness (QED) is 0.566. The topological polar surface area (TPSA) is 125 Å². The fourth-order valence-electron chi connectivity index (χ4n) is 2.39. The maximum Gasteiger partial charge on any atom is 0.330 e. The predicted octanol–water partition coefficient (Wildman–Crippen LogP) is -1.12. The molecule has 3 heterocycles. The molecular formula is C13H14N2O6S. The van der Waals surface area contributed by atoms with Crippen molar-refractivity contribution in [2.24, 2.45) is 0 Å². The fraction of sp³-hybridized carbons (Fsp3) is 0.385. The van der Waals surface area contributed by atoms with Gasteiger partial charge in [-0.25, -0.2) is 4.79 Å². The number of aromatic nitrogens is 2. The minimum absolute atomic E-state index is 0.257. The van der Waals surface area contributed by atoms with Gasteiger partial charge in [-0.3, -0.25) is 14.3 Å². The normalized spacial score (nSPS) is 28.1. The average Bonchev–Trinajstić information content (AvgIpc) is 3.10. The summed E-state index contributed by atoms with van der Waals surface area (Å²) in [5, 5.41) is 30.6. The Hall–Kier alpha value is -1.78. The molecule has 0 saturated carbocycles. The van der Waals surface area contributed by atoms with E-state index in [0.717, 1.165) is 4.57 Å². The van der Waals surface area contributed by atoms with Crippen LogP contribution in [0.4, 0.5) is 0 Å². The lowest BCUT2D eigenvalue weighted by Crippen LogP contribution is -2.38. The van der Waals surface area contributed by atoms with E-state index in [1.54, 1.807) is 17.5 Å². The van der Waals surface area contributed by atoms with E-state index in [9.17, 15) is 19.8 Å². The Bertz CT molecular complexity index is 768. The summed E-state index contributed by atoms with van der Waals surface area (Å²) >= 11 is 1.33. The van der Waals surface area contributed by atoms with Crippen LogP contribution in [0.3, 0.4) is 0 Å². The van der Waals surface area contributed by atoms with E-state index in [4.69, 9.17) is 9.84 Å². The van der Waals surface area contributed by atoms with Gasteiger partial charge in [0.15, 0.2) is 6.23 Å². The summed E-state index contributed by atoms with van der Waals surface area (Å²) in [6, 6.07) is 3.49. The zero-order valence-electron chi connectivity index (χ0n) is 11.2. The first-order valence-electron chi connectivity index (χ1n) is 6.54. The number of aliphatic hydroxyl groups is 3. The average molecular weight is 326 g/mol. The maximum absolute atomic E-state index is 12.0. The highest BCUT2D eigenvalue weighted by Gasteiger charge is 2.43. The molecule has 9 heteroatoms. The Morgan fingerprint density at radius 2 is 2.09 bits per heavy atom. The molecule has 8 nitrogen and oxygen atoms in total. The van der Waals surface area contributed by atoms with Gasteiger partial charge in [0, 0.05) is 11.1 Å². The monoisotopic (exact) mass is 326 g/mol. The second-order valence-corrected chi connectivity index (χ2v) is 5.86. The molecule has 4 atom stereocenters. The lowest BCUT2D eigenvalue weighted by atomic mass is 10.1. The number of nitrogens with one attached hydrogen (secondary N) is 1. The van der Waals surface area contributed by atoms with Crippen LogP contribution < -0.4 is 11.2 Å². The molecular weight excluding hydrogens is 312 g/mol. The first-order chi connectivity index (χ1) is 10.5. The minimum atomic E-state index is -1.39. The van der Waals surface area contributed by atoms with Gasteiger partial charge in [-0.15, -0.1) is 11.3 Å². The van der Waals surface area contributed by atoms with Gasteiger partial charge in [0.25, 0.3) is 5.56 Å². The van der Waals surface area contributed by atoms with E-state index < -0.39 is 42.4 Å². The molecule has 0 aliphatic carbocycles. The molecule has 1 fully saturated rings. The Morgan fingerprint density at radius 1 is 1.32 bits per heavy atom. The number of H-pyrrole nitrogens is 1. The third-order valence-corrected chi connectivity index (χ3v) is 4.45. The highest BCUT2D eigenvalue weighted by molar-refractivity contribution is 7.13. The van der Waals surface area contributed by atoms with Crippen molar-refractivity contribution in [2.45, 2.75) is 24.5 Å². The lowest BCUT2D eigenvalue weighted by molar-refractivity contribution is -0.0549. The van der Waals surface area contributed by atoms with Crippen LogP contribution in [0.25, 0.3) is 10.4 Å². The minimum Gasteiger partial charge on any atom is -0.394 e. The van der Waals surface area contributed by atoms with Gasteiger partial charge in [-0.2, -0.15) is 0 Å². The third kappa shape index (κ3) is 2.42. The van der Waals surface area contributed by atoms with Crippen LogP contribution in [0, 0.1) is 0 Å². The summed E-state index contributed by atoms with van der Waals surface area (Å²) in [4.78, 5) is 26.7. The summed E-state index contributed by atoms with van der Waals surface area (Å²) in [6.07, 6.45) is -3.61. The van der Waals surface area contributed by atoms with Gasteiger partial charge >= 0.3 is 5.69 Å². The van der Waals surface area contributed by atoms with Gasteiger partial charge in [0.1, 0.15) is 18.3 Å². The zero-order chi connectivity index (χ0) is 15.9. The molecule has 0 amide bonds. The number of hydrogen-bond donors (Lipinski definition) is 4. The first kappa shape index (κ1) is 15.1. The summed E-state index contributed by atoms with van der Waals surface area (Å²) < 4.78 is 6.32. The molecule has 0 bridgehead atoms. The Morgan fingerprint density at radius 3 is 2.68 bits per heavy atom. The molecule has 1 aliphatic rings. The highest BCUT2D eigenvalue weighted by atomic mass is 32.1. The molecule has 22 heavy (non-hydrogen) atoms. The predicted molar refractivity (Wildman–Crippen MR) is 77.6 cm³/mol. The van der Waals surface area contributed by atoms with Crippen LogP contribution in [0.15, 0.2) is 33.3 Å². The van der Waals surface area contributed by atoms with Crippen LogP contribution in [0.1, 0.15) is 6.23 Å². The molecule has 1 saturated heterocycles. The van der Waals surface area contributed by atoms with Crippen molar-refractivity contribution in [3.05, 3.63) is 44.5 Å². The summed E-state index contributed by atoms with van der Waals surface area (Å²) in [5.74, 6) is 0. The van der Waals surface area contributed by atoms with Gasteiger partial charge in [0.2, 0.25) is 0 Å². The van der Waals surface area contributed by atoms with Crippen molar-refractivity contribution in [2.75, 3.05) is 6.61 Å². The Kier molecular flexibility index (Phi) is 3.98. The molecule has 2 aromatic rings. The number of thiophene rings is 1. The van der Waals surface area contributed by atoms with E-state index in [1.165, 1.54) is 17.5 Å². The third-order valence-electron chi connectivity index (χ3n) is 3.55. The second kappa shape index (κ2) is 5.78. The summed E-state index contributed by atoms with van der Waals surface area (Å²) in [7, 11) is 0. The zero-order valence-corrected chi connectivity index (χ0v) is 12.1. The SMILES string of the molecule is O=c1[nH]c(=O)n(C2O[C@H](CO)[C@@H](O)[C@@H]2O)cc1-c1cccs1. The molecule has 118 valence electrons. The Balaban J connectivity index is 2.07. The van der Waals surface area contributed by atoms with Gasteiger partial charge in [0.05, 0.1) is 12.2 Å². The molecule has 0 radical (unpaired) electrons. The molecule has 2 aromatic heterocycles. The standard InChI is InChI=1S/C13H14N2O6S/c16-5-7-9(17)10(18)12(21-7)15-4-6(8-2-1-3-22-8)11(19)14-13(15)20/h1-4,7,9-10,12,16-18H,5H2,(H,14,19,20)/t7-,9-,10+,12?/m1/s1. The van der Waals surface area contributed by atoms with Crippen molar-refractivity contribution in [1.82, 2.24) is 9.55 Å². The number of ether oxygens (including phenoxy) is 1. The molecule has 1 aliphatic heterocycles. The van der Waals surface area contributed by atoms with Crippen molar-refractivity contribution in [3.8, 4) is 10.4 Å². The summed E-state index contributed by atoms with van der Waals surface area (Å²) in [6.45, 7) is -0.495. The number of nitrogens with zero attached hydrogens (tertiary/aromatic N) is 1. The van der Waals surface area contributed by atoms with Gasteiger partial charge < -0.3 is 20.1 Å². The highest BCUT2D eigenvalue weighted by Crippen LogP contribution is 2.29. The van der Waals surface area contributed by atoms with Crippen molar-refractivity contribution in [1.29, 1.82) is 0 Å².